The normalized spacial score (nSPS) is 7.96. The fourth-order valence-corrected chi connectivity index (χ4v) is 2.40. The van der Waals surface area contributed by atoms with Gasteiger partial charge in [-0.3, -0.25) is 14.4 Å². The molecule has 3 radical (unpaired) electrons. The van der Waals surface area contributed by atoms with E-state index in [1.165, 1.54) is 8.69 Å². The molecule has 1 aromatic carbocycles. The van der Waals surface area contributed by atoms with E-state index in [9.17, 15) is 0 Å². The zero-order valence-electron chi connectivity index (χ0n) is 14.5. The second kappa shape index (κ2) is 16.0. The molecule has 0 aliphatic heterocycles. The Labute approximate surface area is 157 Å². The molecular weight excluding hydrogens is 515 g/mol. The first kappa shape index (κ1) is 27.0. The number of aryl methyl sites for hydroxylation is 1. The number of hydrogen-bond donors (Lipinski definition) is 3. The number of hydrogen-bond acceptors (Lipinski definition) is 5. The van der Waals surface area contributed by atoms with Gasteiger partial charge < -0.3 is 15.3 Å². The van der Waals surface area contributed by atoms with Gasteiger partial charge in [-0.1, -0.05) is 0 Å². The maximum atomic E-state index is 9.00. The van der Waals surface area contributed by atoms with Crippen LogP contribution in [-0.2, 0) is 14.4 Å². The van der Waals surface area contributed by atoms with Gasteiger partial charge in [0.25, 0.3) is 17.9 Å². The van der Waals surface area contributed by atoms with Crippen molar-refractivity contribution in [3.8, 4) is 11.5 Å². The fraction of sp³-hybridized carbons (Fsp3) is 0.400. The van der Waals surface area contributed by atoms with Crippen LogP contribution in [0.3, 0.4) is 0 Å². The molecule has 0 amide bonds. The number of methoxy groups -OCH3 is 2. The van der Waals surface area contributed by atoms with Gasteiger partial charge in [-0.25, -0.2) is 0 Å². The molecule has 0 aliphatic carbocycles. The van der Waals surface area contributed by atoms with Crippen LogP contribution in [-0.4, -0.2) is 73.2 Å². The molecule has 0 fully saturated rings. The van der Waals surface area contributed by atoms with Crippen molar-refractivity contribution in [3.05, 3.63) is 17.7 Å². The zero-order chi connectivity index (χ0) is 19.9. The van der Waals surface area contributed by atoms with Gasteiger partial charge in [0.1, 0.15) is 0 Å². The molecule has 0 aliphatic rings. The molecule has 9 heteroatoms. The van der Waals surface area contributed by atoms with Crippen molar-refractivity contribution in [2.75, 3.05) is 14.2 Å². The predicted octanol–water partition coefficient (Wildman–Crippen LogP) is 1.08. The number of carbonyl (C=O) groups is 3. The molecule has 0 spiro atoms. The second-order valence-corrected chi connectivity index (χ2v) is 6.05. The molecule has 8 nitrogen and oxygen atoms in total. The molecule has 0 aromatic heterocycles. The van der Waals surface area contributed by atoms with E-state index in [0.717, 1.165) is 58.0 Å². The Morgan fingerprint density at radius 1 is 0.833 bits per heavy atom. The average molecular weight is 539 g/mol. The third kappa shape index (κ3) is 22.4. The van der Waals surface area contributed by atoms with Crippen LogP contribution in [0.4, 0.5) is 0 Å². The maximum absolute atomic E-state index is 9.00. The van der Waals surface area contributed by atoms with Crippen LogP contribution in [0.2, 0.25) is 0 Å². The summed E-state index contributed by atoms with van der Waals surface area (Å²) in [4.78, 5) is 27.0. The van der Waals surface area contributed by atoms with E-state index in [0.29, 0.717) is 0 Å². The monoisotopic (exact) mass is 539 g/mol. The van der Waals surface area contributed by atoms with Gasteiger partial charge in [-0.05, 0) is 0 Å². The van der Waals surface area contributed by atoms with Crippen molar-refractivity contribution in [2.45, 2.75) is 27.7 Å². The molecule has 1 aromatic rings. The molecular formula is C15H23O8Pb. The predicted molar refractivity (Wildman–Crippen MR) is 89.6 cm³/mol. The number of benzene rings is 1. The van der Waals surface area contributed by atoms with Gasteiger partial charge in [0.2, 0.25) is 0 Å². The second-order valence-electron chi connectivity index (χ2n) is 4.10. The summed E-state index contributed by atoms with van der Waals surface area (Å²) in [6.45, 7) is 5.28. The zero-order valence-corrected chi connectivity index (χ0v) is 18.4. The molecule has 0 bridgehead atoms. The van der Waals surface area contributed by atoms with Crippen LogP contribution in [0.25, 0.3) is 0 Å². The molecule has 0 saturated heterocycles. The third-order valence-electron chi connectivity index (χ3n) is 1.65. The summed E-state index contributed by atoms with van der Waals surface area (Å²) in [5.41, 5.74) is 1.17. The first-order chi connectivity index (χ1) is 10.9. The summed E-state index contributed by atoms with van der Waals surface area (Å²) in [6.07, 6.45) is 0. The SMILES string of the molecule is CC(=O)O.CC(=O)O.CC(=O)O.COc1cc(C)cc(OC)[c]1[Pb]. The van der Waals surface area contributed by atoms with Gasteiger partial charge in [0, 0.05) is 20.8 Å². The minimum absolute atomic E-state index is 0.833. The van der Waals surface area contributed by atoms with Crippen molar-refractivity contribution in [1.29, 1.82) is 0 Å². The van der Waals surface area contributed by atoms with Gasteiger partial charge in [-0.15, -0.1) is 0 Å². The van der Waals surface area contributed by atoms with Crippen molar-refractivity contribution < 1.29 is 39.2 Å². The molecule has 0 heterocycles. The van der Waals surface area contributed by atoms with E-state index >= 15 is 0 Å². The summed E-state index contributed by atoms with van der Waals surface area (Å²) >= 11 is 0.944. The summed E-state index contributed by atoms with van der Waals surface area (Å²) in [5, 5.41) is 22.2. The Bertz CT molecular complexity index is 463. The van der Waals surface area contributed by atoms with Crippen LogP contribution >= 0.6 is 0 Å². The molecule has 0 unspecified atom stereocenters. The van der Waals surface area contributed by atoms with Crippen LogP contribution in [0.15, 0.2) is 12.1 Å². The Morgan fingerprint density at radius 2 is 1.04 bits per heavy atom. The van der Waals surface area contributed by atoms with E-state index < -0.39 is 17.9 Å². The van der Waals surface area contributed by atoms with Crippen LogP contribution in [0.1, 0.15) is 26.3 Å². The van der Waals surface area contributed by atoms with E-state index in [4.69, 9.17) is 39.2 Å². The van der Waals surface area contributed by atoms with Crippen molar-refractivity contribution in [3.63, 3.8) is 0 Å². The minimum atomic E-state index is -0.833. The van der Waals surface area contributed by atoms with E-state index in [-0.39, 0.29) is 0 Å². The van der Waals surface area contributed by atoms with Gasteiger partial charge in [0.15, 0.2) is 0 Å². The van der Waals surface area contributed by atoms with Crippen LogP contribution in [0.5, 0.6) is 11.5 Å². The average Bonchev–Trinajstić information content (AvgIpc) is 2.39. The standard InChI is InChI=1S/C9H11O2.3C2H4O2.Pb/c1-7-4-8(10-2)6-9(5-7)11-3;3*1-2(3)4;/h4-5H,1-3H3;3*1H3,(H,3,4);. The van der Waals surface area contributed by atoms with Crippen molar-refractivity contribution in [1.82, 2.24) is 0 Å². The van der Waals surface area contributed by atoms with E-state index in [2.05, 4.69) is 0 Å². The summed E-state index contributed by atoms with van der Waals surface area (Å²) in [7, 11) is 3.38. The summed E-state index contributed by atoms with van der Waals surface area (Å²) < 4.78 is 11.6. The van der Waals surface area contributed by atoms with Crippen LogP contribution in [0, 0.1) is 6.92 Å². The van der Waals surface area contributed by atoms with E-state index in [1.807, 2.05) is 19.1 Å². The van der Waals surface area contributed by atoms with Gasteiger partial charge in [0.05, 0.1) is 0 Å². The molecule has 0 saturated carbocycles. The van der Waals surface area contributed by atoms with Gasteiger partial charge in [-0.2, -0.15) is 0 Å². The number of aliphatic carboxylic acids is 3. The molecule has 24 heavy (non-hydrogen) atoms. The first-order valence-electron chi connectivity index (χ1n) is 6.41. The Hall–Kier alpha value is -1.85. The number of carboxylic acid groups (broad SMARTS) is 3. The first-order valence-corrected chi connectivity index (χ1v) is 8.36. The van der Waals surface area contributed by atoms with Crippen molar-refractivity contribution in [2.24, 2.45) is 0 Å². The van der Waals surface area contributed by atoms with Gasteiger partial charge >= 0.3 is 88.7 Å². The summed E-state index contributed by atoms with van der Waals surface area (Å²) in [5.74, 6) is -0.614. The molecule has 0 atom stereocenters. The molecule has 3 N–H and O–H groups in total. The summed E-state index contributed by atoms with van der Waals surface area (Å²) in [6, 6.07) is 4.07. The topological polar surface area (TPSA) is 130 Å². The fourth-order valence-electron chi connectivity index (χ4n) is 1.04. The number of rotatable bonds is 2. The Kier molecular flexibility index (Phi) is 18.0. The number of carboxylic acids is 3. The quantitative estimate of drug-likeness (QED) is 0.477. The Balaban J connectivity index is -0.000000304. The van der Waals surface area contributed by atoms with Crippen molar-refractivity contribution >= 4 is 46.8 Å². The molecule has 135 valence electrons. The van der Waals surface area contributed by atoms with E-state index in [1.54, 1.807) is 14.2 Å². The molecule has 1 rings (SSSR count). The third-order valence-corrected chi connectivity index (χ3v) is 3.57. The van der Waals surface area contributed by atoms with Crippen LogP contribution < -0.4 is 12.6 Å². The Morgan fingerprint density at radius 3 is 1.21 bits per heavy atom. The number of ether oxygens (including phenoxy) is 2.